The van der Waals surface area contributed by atoms with Crippen molar-refractivity contribution in [1.82, 2.24) is 0 Å². The highest BCUT2D eigenvalue weighted by Crippen LogP contribution is 2.54. The number of hydrogen-bond acceptors (Lipinski definition) is 3. The molecule has 0 radical (unpaired) electrons. The molecular formula is C6H11Cl2O3P. The van der Waals surface area contributed by atoms with Crippen LogP contribution in [0.2, 0.25) is 0 Å². The molecule has 0 spiro atoms. The Kier molecular flexibility index (Phi) is 3.87. The average molecular weight is 233 g/mol. The first-order valence-electron chi connectivity index (χ1n) is 3.68. The number of aliphatic hydroxyl groups is 1. The van der Waals surface area contributed by atoms with Crippen LogP contribution in [0.15, 0.2) is 0 Å². The van der Waals surface area contributed by atoms with Gasteiger partial charge in [-0.25, -0.2) is 0 Å². The Balaban J connectivity index is 2.46. The van der Waals surface area contributed by atoms with Crippen molar-refractivity contribution in [3.63, 3.8) is 0 Å². The molecule has 1 saturated heterocycles. The van der Waals surface area contributed by atoms with Gasteiger partial charge < -0.3 is 9.63 Å². The third kappa shape index (κ3) is 2.61. The standard InChI is InChI=1S/C6H11Cl2O3P/c7-1-2-11-12(10)3-5(8)6(9)4-12/h5-6,9H,1-4H2. The summed E-state index contributed by atoms with van der Waals surface area (Å²) in [7, 11) is -2.67. The molecule has 1 N–H and O–H groups in total. The van der Waals surface area contributed by atoms with E-state index < -0.39 is 18.8 Å². The fraction of sp³-hybridized carbons (Fsp3) is 1.00. The smallest absolute Gasteiger partial charge is 0.207 e. The van der Waals surface area contributed by atoms with Crippen LogP contribution in [-0.2, 0) is 9.09 Å². The van der Waals surface area contributed by atoms with E-state index in [4.69, 9.17) is 27.7 Å². The number of aliphatic hydroxyl groups excluding tert-OH is 1. The monoisotopic (exact) mass is 232 g/mol. The lowest BCUT2D eigenvalue weighted by Crippen LogP contribution is -2.16. The van der Waals surface area contributed by atoms with Crippen LogP contribution in [-0.4, -0.2) is 41.4 Å². The Morgan fingerprint density at radius 2 is 2.25 bits per heavy atom. The second-order valence-electron chi connectivity index (χ2n) is 2.79. The van der Waals surface area contributed by atoms with E-state index in [1.54, 1.807) is 0 Å². The van der Waals surface area contributed by atoms with Gasteiger partial charge in [-0.05, 0) is 0 Å². The van der Waals surface area contributed by atoms with Crippen LogP contribution >= 0.6 is 30.6 Å². The van der Waals surface area contributed by atoms with Gasteiger partial charge >= 0.3 is 0 Å². The van der Waals surface area contributed by atoms with Crippen LogP contribution in [0.25, 0.3) is 0 Å². The summed E-state index contributed by atoms with van der Waals surface area (Å²) in [5, 5.41) is 8.78. The van der Waals surface area contributed by atoms with Crippen LogP contribution in [0.5, 0.6) is 0 Å². The average Bonchev–Trinajstić information content (AvgIpc) is 2.24. The molecule has 0 saturated carbocycles. The van der Waals surface area contributed by atoms with Crippen LogP contribution in [0.1, 0.15) is 0 Å². The highest BCUT2D eigenvalue weighted by atomic mass is 35.5. The van der Waals surface area contributed by atoms with E-state index in [1.165, 1.54) is 0 Å². The molecule has 1 aliphatic heterocycles. The molecule has 0 bridgehead atoms. The predicted molar refractivity (Wildman–Crippen MR) is 49.7 cm³/mol. The van der Waals surface area contributed by atoms with Gasteiger partial charge in [-0.3, -0.25) is 4.57 Å². The summed E-state index contributed by atoms with van der Waals surface area (Å²) in [4.78, 5) is 0. The maximum Gasteiger partial charge on any atom is 0.207 e. The number of alkyl halides is 2. The lowest BCUT2D eigenvalue weighted by Gasteiger charge is -2.09. The van der Waals surface area contributed by atoms with Crippen LogP contribution in [0, 0.1) is 0 Å². The predicted octanol–water partition coefficient (Wildman–Crippen LogP) is 1.50. The molecule has 3 unspecified atom stereocenters. The van der Waals surface area contributed by atoms with Gasteiger partial charge in [0, 0.05) is 12.0 Å². The van der Waals surface area contributed by atoms with E-state index in [-0.39, 0.29) is 18.9 Å². The van der Waals surface area contributed by atoms with Gasteiger partial charge in [-0.2, -0.15) is 0 Å². The first-order valence-corrected chi connectivity index (χ1v) is 6.65. The summed E-state index contributed by atoms with van der Waals surface area (Å²) >= 11 is 11.1. The molecule has 1 fully saturated rings. The van der Waals surface area contributed by atoms with Crippen molar-refractivity contribution in [2.24, 2.45) is 0 Å². The topological polar surface area (TPSA) is 46.5 Å². The van der Waals surface area contributed by atoms with Crippen molar-refractivity contribution in [1.29, 1.82) is 0 Å². The van der Waals surface area contributed by atoms with Crippen molar-refractivity contribution < 1.29 is 14.2 Å². The van der Waals surface area contributed by atoms with Gasteiger partial charge in [0.2, 0.25) is 7.37 Å². The summed E-state index contributed by atoms with van der Waals surface area (Å²) in [6.45, 7) is 0.259. The highest BCUT2D eigenvalue weighted by Gasteiger charge is 2.40. The summed E-state index contributed by atoms with van der Waals surface area (Å²) < 4.78 is 16.7. The van der Waals surface area contributed by atoms with E-state index in [9.17, 15) is 9.67 Å². The summed E-state index contributed by atoms with van der Waals surface area (Å²) in [6, 6.07) is 0. The molecule has 0 amide bonds. The van der Waals surface area contributed by atoms with Crippen LogP contribution < -0.4 is 0 Å². The molecule has 6 heteroatoms. The van der Waals surface area contributed by atoms with Crippen molar-refractivity contribution >= 4 is 30.6 Å². The lowest BCUT2D eigenvalue weighted by atomic mass is 10.3. The first kappa shape index (κ1) is 10.8. The maximum atomic E-state index is 11.7. The van der Waals surface area contributed by atoms with E-state index >= 15 is 0 Å². The van der Waals surface area contributed by atoms with E-state index in [2.05, 4.69) is 0 Å². The molecule has 0 aromatic heterocycles. The summed E-state index contributed by atoms with van der Waals surface area (Å²) in [5.74, 6) is 0.313. The van der Waals surface area contributed by atoms with Crippen molar-refractivity contribution in [3.05, 3.63) is 0 Å². The Morgan fingerprint density at radius 1 is 1.58 bits per heavy atom. The van der Waals surface area contributed by atoms with Crippen LogP contribution in [0.3, 0.4) is 0 Å². The molecule has 3 atom stereocenters. The Morgan fingerprint density at radius 3 is 2.67 bits per heavy atom. The Labute approximate surface area is 81.4 Å². The third-order valence-electron chi connectivity index (χ3n) is 1.74. The number of halogens is 2. The van der Waals surface area contributed by atoms with Crippen LogP contribution in [0.4, 0.5) is 0 Å². The Bertz CT molecular complexity index is 185. The second kappa shape index (κ2) is 4.30. The fourth-order valence-electron chi connectivity index (χ4n) is 1.17. The molecule has 0 aromatic carbocycles. The van der Waals surface area contributed by atoms with E-state index in [0.717, 1.165) is 0 Å². The maximum absolute atomic E-state index is 11.7. The normalized spacial score (nSPS) is 41.9. The molecule has 72 valence electrons. The van der Waals surface area contributed by atoms with Gasteiger partial charge in [0.05, 0.1) is 24.2 Å². The summed E-state index contributed by atoms with van der Waals surface area (Å²) in [6.07, 6.45) is -0.280. The SMILES string of the molecule is O=P1(OCCCl)CC(O)C(Cl)C1. The first-order chi connectivity index (χ1) is 5.57. The van der Waals surface area contributed by atoms with E-state index in [0.29, 0.717) is 5.88 Å². The second-order valence-corrected chi connectivity index (χ2v) is 6.34. The van der Waals surface area contributed by atoms with Crippen molar-refractivity contribution in [2.75, 3.05) is 24.8 Å². The zero-order chi connectivity index (χ0) is 9.19. The van der Waals surface area contributed by atoms with Gasteiger partial charge in [-0.1, -0.05) is 0 Å². The minimum absolute atomic E-state index is 0.165. The van der Waals surface area contributed by atoms with Gasteiger partial charge in [0.25, 0.3) is 0 Å². The lowest BCUT2D eigenvalue weighted by molar-refractivity contribution is 0.204. The molecule has 1 heterocycles. The Hall–Kier alpha value is 0.730. The van der Waals surface area contributed by atoms with E-state index in [1.807, 2.05) is 0 Å². The zero-order valence-electron chi connectivity index (χ0n) is 6.45. The molecule has 3 nitrogen and oxygen atoms in total. The molecule has 0 aromatic rings. The molecule has 1 aliphatic rings. The highest BCUT2D eigenvalue weighted by molar-refractivity contribution is 7.59. The number of hydrogen-bond donors (Lipinski definition) is 1. The largest absolute Gasteiger partial charge is 0.391 e. The molecule has 1 rings (SSSR count). The molecule has 12 heavy (non-hydrogen) atoms. The molecular weight excluding hydrogens is 222 g/mol. The van der Waals surface area contributed by atoms with Crippen molar-refractivity contribution in [2.45, 2.75) is 11.5 Å². The van der Waals surface area contributed by atoms with Crippen molar-refractivity contribution in [3.8, 4) is 0 Å². The van der Waals surface area contributed by atoms with Gasteiger partial charge in [-0.15, -0.1) is 23.2 Å². The third-order valence-corrected chi connectivity index (χ3v) is 5.09. The molecule has 0 aliphatic carbocycles. The number of rotatable bonds is 3. The minimum atomic E-state index is -2.67. The van der Waals surface area contributed by atoms with Gasteiger partial charge in [0.1, 0.15) is 0 Å². The zero-order valence-corrected chi connectivity index (χ0v) is 8.86. The quantitative estimate of drug-likeness (QED) is 0.593. The fourth-order valence-corrected chi connectivity index (χ4v) is 4.58. The van der Waals surface area contributed by atoms with Gasteiger partial charge in [0.15, 0.2) is 0 Å². The minimum Gasteiger partial charge on any atom is -0.391 e. The summed E-state index contributed by atoms with van der Waals surface area (Å²) in [5.41, 5.74) is 0.